The third kappa shape index (κ3) is 3.29. The number of guanidine groups is 1. The molecule has 0 saturated carbocycles. The van der Waals surface area contributed by atoms with Gasteiger partial charge in [-0.25, -0.2) is 0 Å². The van der Waals surface area contributed by atoms with Gasteiger partial charge in [0.15, 0.2) is 5.96 Å². The maximum atomic E-state index is 5.80. The molecule has 102 valence electrons. The average molecular weight is 267 g/mol. The van der Waals surface area contributed by atoms with Crippen LogP contribution in [0.3, 0.4) is 0 Å². The molecule has 0 atom stereocenters. The van der Waals surface area contributed by atoms with Gasteiger partial charge >= 0.3 is 0 Å². The fourth-order valence-electron chi connectivity index (χ4n) is 2.02. The first-order chi connectivity index (χ1) is 9.90. The van der Waals surface area contributed by atoms with Crippen LogP contribution in [0.5, 0.6) is 5.75 Å². The molecule has 0 fully saturated rings. The summed E-state index contributed by atoms with van der Waals surface area (Å²) in [5.41, 5.74) is 2.14. The second-order valence-electron chi connectivity index (χ2n) is 4.58. The zero-order valence-electron chi connectivity index (χ0n) is 11.2. The largest absolute Gasteiger partial charge is 0.489 e. The molecule has 1 aliphatic heterocycles. The summed E-state index contributed by atoms with van der Waals surface area (Å²) >= 11 is 0. The van der Waals surface area contributed by atoms with Crippen LogP contribution < -0.4 is 15.4 Å². The second-order valence-corrected chi connectivity index (χ2v) is 4.58. The van der Waals surface area contributed by atoms with Crippen molar-refractivity contribution in [1.29, 1.82) is 0 Å². The predicted octanol–water partition coefficient (Wildman–Crippen LogP) is 2.64. The van der Waals surface area contributed by atoms with Crippen molar-refractivity contribution in [1.82, 2.24) is 5.32 Å². The molecule has 4 heteroatoms. The Hall–Kier alpha value is -2.49. The molecule has 2 aromatic rings. The van der Waals surface area contributed by atoms with Crippen LogP contribution in [-0.4, -0.2) is 19.0 Å². The molecule has 0 saturated heterocycles. The molecule has 2 N–H and O–H groups in total. The highest BCUT2D eigenvalue weighted by Crippen LogP contribution is 2.18. The smallest absolute Gasteiger partial charge is 0.195 e. The highest BCUT2D eigenvalue weighted by molar-refractivity contribution is 5.94. The number of ether oxygens (including phenoxy) is 1. The van der Waals surface area contributed by atoms with E-state index in [1.54, 1.807) is 0 Å². The van der Waals surface area contributed by atoms with Crippen molar-refractivity contribution in [2.75, 3.05) is 18.4 Å². The minimum Gasteiger partial charge on any atom is -0.489 e. The first-order valence-corrected chi connectivity index (χ1v) is 6.72. The number of nitrogens with one attached hydrogen (secondary N) is 2. The Morgan fingerprint density at radius 3 is 2.80 bits per heavy atom. The van der Waals surface area contributed by atoms with E-state index in [9.17, 15) is 0 Å². The van der Waals surface area contributed by atoms with Gasteiger partial charge in [-0.15, -0.1) is 0 Å². The first kappa shape index (κ1) is 12.5. The molecule has 1 heterocycles. The lowest BCUT2D eigenvalue weighted by molar-refractivity contribution is 0.306. The average Bonchev–Trinajstić information content (AvgIpc) is 3.00. The summed E-state index contributed by atoms with van der Waals surface area (Å²) in [5, 5.41) is 6.42. The van der Waals surface area contributed by atoms with Crippen molar-refractivity contribution in [3.63, 3.8) is 0 Å². The van der Waals surface area contributed by atoms with Crippen LogP contribution in [0.1, 0.15) is 5.56 Å². The minimum atomic E-state index is 0.573. The summed E-state index contributed by atoms with van der Waals surface area (Å²) in [4.78, 5) is 4.31. The Morgan fingerprint density at radius 1 is 1.10 bits per heavy atom. The molecule has 20 heavy (non-hydrogen) atoms. The highest BCUT2D eigenvalue weighted by atomic mass is 16.5. The Labute approximate surface area is 118 Å². The maximum Gasteiger partial charge on any atom is 0.195 e. The van der Waals surface area contributed by atoms with Gasteiger partial charge in [-0.05, 0) is 17.7 Å². The van der Waals surface area contributed by atoms with Crippen LogP contribution >= 0.6 is 0 Å². The van der Waals surface area contributed by atoms with Crippen LogP contribution in [-0.2, 0) is 6.61 Å². The quantitative estimate of drug-likeness (QED) is 0.895. The number of hydrogen-bond acceptors (Lipinski definition) is 4. The van der Waals surface area contributed by atoms with Crippen LogP contribution in [0.2, 0.25) is 0 Å². The molecule has 3 rings (SSSR count). The van der Waals surface area contributed by atoms with E-state index in [1.807, 2.05) is 42.5 Å². The van der Waals surface area contributed by atoms with Gasteiger partial charge in [0.25, 0.3) is 0 Å². The standard InChI is InChI=1S/C16H17N3O/c1-2-5-13(6-3-1)12-20-15-8-4-7-14(11-15)19-16-17-9-10-18-16/h1-8,11H,9-10,12H2,(H2,17,18,19). The molecule has 0 aromatic heterocycles. The van der Waals surface area contributed by atoms with Crippen LogP contribution in [0.4, 0.5) is 5.69 Å². The second kappa shape index (κ2) is 6.10. The summed E-state index contributed by atoms with van der Waals surface area (Å²) in [7, 11) is 0. The third-order valence-corrected chi connectivity index (χ3v) is 3.02. The van der Waals surface area contributed by atoms with Crippen LogP contribution in [0.15, 0.2) is 59.6 Å². The van der Waals surface area contributed by atoms with E-state index in [4.69, 9.17) is 4.74 Å². The number of nitrogens with zero attached hydrogens (tertiary/aromatic N) is 1. The van der Waals surface area contributed by atoms with Gasteiger partial charge in [0, 0.05) is 18.3 Å². The maximum absolute atomic E-state index is 5.80. The first-order valence-electron chi connectivity index (χ1n) is 6.72. The fraction of sp³-hybridized carbons (Fsp3) is 0.188. The molecule has 2 aromatic carbocycles. The summed E-state index contributed by atoms with van der Waals surface area (Å²) in [5.74, 6) is 1.67. The van der Waals surface area contributed by atoms with Gasteiger partial charge in [-0.2, -0.15) is 0 Å². The number of anilines is 1. The molecule has 0 radical (unpaired) electrons. The van der Waals surface area contributed by atoms with E-state index in [0.29, 0.717) is 6.61 Å². The van der Waals surface area contributed by atoms with Crippen molar-refractivity contribution in [2.45, 2.75) is 6.61 Å². The van der Waals surface area contributed by atoms with Gasteiger partial charge in [0.1, 0.15) is 12.4 Å². The number of aliphatic imine (C=N–C) groups is 1. The molecule has 1 aliphatic rings. The van der Waals surface area contributed by atoms with Crippen LogP contribution in [0, 0.1) is 0 Å². The topological polar surface area (TPSA) is 45.6 Å². The highest BCUT2D eigenvalue weighted by Gasteiger charge is 2.05. The van der Waals surface area contributed by atoms with Gasteiger partial charge in [0.2, 0.25) is 0 Å². The fourth-order valence-corrected chi connectivity index (χ4v) is 2.02. The van der Waals surface area contributed by atoms with Gasteiger partial charge in [0.05, 0.1) is 6.54 Å². The predicted molar refractivity (Wildman–Crippen MR) is 81.1 cm³/mol. The van der Waals surface area contributed by atoms with Crippen molar-refractivity contribution in [2.24, 2.45) is 4.99 Å². The zero-order valence-corrected chi connectivity index (χ0v) is 11.2. The van der Waals surface area contributed by atoms with E-state index < -0.39 is 0 Å². The normalized spacial score (nSPS) is 13.5. The summed E-state index contributed by atoms with van der Waals surface area (Å²) in [6.45, 7) is 2.29. The van der Waals surface area contributed by atoms with E-state index in [-0.39, 0.29) is 0 Å². The number of rotatable bonds is 4. The Morgan fingerprint density at radius 2 is 2.00 bits per heavy atom. The van der Waals surface area contributed by atoms with Gasteiger partial charge < -0.3 is 15.4 Å². The Bertz CT molecular complexity index is 596. The Kier molecular flexibility index (Phi) is 3.83. The number of hydrogen-bond donors (Lipinski definition) is 2. The summed E-state index contributed by atoms with van der Waals surface area (Å²) in [6, 6.07) is 18.0. The van der Waals surface area contributed by atoms with Crippen molar-refractivity contribution in [3.8, 4) is 5.75 Å². The van der Waals surface area contributed by atoms with E-state index in [2.05, 4.69) is 27.8 Å². The lowest BCUT2D eigenvalue weighted by Gasteiger charge is -2.10. The van der Waals surface area contributed by atoms with E-state index in [1.165, 1.54) is 0 Å². The third-order valence-electron chi connectivity index (χ3n) is 3.02. The van der Waals surface area contributed by atoms with Gasteiger partial charge in [-0.3, -0.25) is 4.99 Å². The molecule has 4 nitrogen and oxygen atoms in total. The SMILES string of the molecule is c1ccc(COc2cccc(NC3=NCCN3)c2)cc1. The molecule has 0 amide bonds. The molecule has 0 spiro atoms. The number of benzene rings is 2. The summed E-state index contributed by atoms with van der Waals surface area (Å²) < 4.78 is 5.80. The van der Waals surface area contributed by atoms with Crippen LogP contribution in [0.25, 0.3) is 0 Å². The monoisotopic (exact) mass is 267 g/mol. The molecular formula is C16H17N3O. The van der Waals surface area contributed by atoms with Crippen molar-refractivity contribution < 1.29 is 4.74 Å². The lowest BCUT2D eigenvalue weighted by Crippen LogP contribution is -2.26. The zero-order chi connectivity index (χ0) is 13.6. The molecule has 0 unspecified atom stereocenters. The van der Waals surface area contributed by atoms with Crippen molar-refractivity contribution in [3.05, 3.63) is 60.2 Å². The van der Waals surface area contributed by atoms with Gasteiger partial charge in [-0.1, -0.05) is 36.4 Å². The van der Waals surface area contributed by atoms with E-state index in [0.717, 1.165) is 36.0 Å². The minimum absolute atomic E-state index is 0.573. The lowest BCUT2D eigenvalue weighted by atomic mass is 10.2. The summed E-state index contributed by atoms with van der Waals surface area (Å²) in [6.07, 6.45) is 0. The molecule has 0 bridgehead atoms. The van der Waals surface area contributed by atoms with Crippen molar-refractivity contribution >= 4 is 11.6 Å². The van der Waals surface area contributed by atoms with E-state index >= 15 is 0 Å². The molecule has 0 aliphatic carbocycles. The Balaban J connectivity index is 1.62. The molecular weight excluding hydrogens is 250 g/mol.